The minimum absolute atomic E-state index is 0.0202. The number of nitrogens with zero attached hydrogens (tertiary/aromatic N) is 2. The molecule has 37 heavy (non-hydrogen) atoms. The molecule has 0 saturated carbocycles. The minimum atomic E-state index is -4.76. The van der Waals surface area contributed by atoms with Gasteiger partial charge in [-0.25, -0.2) is 4.79 Å². The number of nitrogens with two attached hydrogens (primary N) is 1. The van der Waals surface area contributed by atoms with E-state index in [1.54, 1.807) is 9.80 Å². The van der Waals surface area contributed by atoms with Gasteiger partial charge in [-0.1, -0.05) is 11.6 Å². The molecule has 4 rings (SSSR count). The van der Waals surface area contributed by atoms with Crippen molar-refractivity contribution in [1.29, 1.82) is 0 Å². The summed E-state index contributed by atoms with van der Waals surface area (Å²) in [6.07, 6.45) is -4.45. The molecule has 200 valence electrons. The average molecular weight is 559 g/mol. The van der Waals surface area contributed by atoms with Crippen molar-refractivity contribution < 1.29 is 32.7 Å². The molecule has 13 heteroatoms. The maximum atomic E-state index is 13.4. The van der Waals surface area contributed by atoms with E-state index < -0.39 is 41.1 Å². The summed E-state index contributed by atoms with van der Waals surface area (Å²) in [5.74, 6) is -1.72. The number of alkyl halides is 3. The number of carbonyl (C=O) groups excluding carboxylic acids is 2. The van der Waals surface area contributed by atoms with E-state index in [0.29, 0.717) is 32.5 Å². The van der Waals surface area contributed by atoms with Crippen LogP contribution in [0.15, 0.2) is 22.9 Å². The number of anilines is 2. The Morgan fingerprint density at radius 1 is 1.24 bits per heavy atom. The van der Waals surface area contributed by atoms with Crippen LogP contribution in [0.5, 0.6) is 0 Å². The SMILES string of the molecule is CC(CC(=O)N1CCC(N2Cc3cscc3NC2=O)CC1)(Cc1cc(Cl)c(N)c(C(F)(F)F)c1)C(=O)O. The van der Waals surface area contributed by atoms with Crippen molar-refractivity contribution in [1.82, 2.24) is 9.80 Å². The minimum Gasteiger partial charge on any atom is -0.481 e. The molecule has 3 heterocycles. The summed E-state index contributed by atoms with van der Waals surface area (Å²) < 4.78 is 40.1. The lowest BCUT2D eigenvalue weighted by Crippen LogP contribution is -2.51. The first kappa shape index (κ1) is 27.1. The highest BCUT2D eigenvalue weighted by Crippen LogP contribution is 2.40. The predicted octanol–water partition coefficient (Wildman–Crippen LogP) is 5.06. The Morgan fingerprint density at radius 2 is 1.92 bits per heavy atom. The Balaban J connectivity index is 1.42. The van der Waals surface area contributed by atoms with Crippen molar-refractivity contribution in [2.24, 2.45) is 5.41 Å². The van der Waals surface area contributed by atoms with E-state index in [-0.39, 0.29) is 29.1 Å². The van der Waals surface area contributed by atoms with Gasteiger partial charge < -0.3 is 26.0 Å². The van der Waals surface area contributed by atoms with E-state index in [2.05, 4.69) is 5.32 Å². The summed E-state index contributed by atoms with van der Waals surface area (Å²) in [4.78, 5) is 41.0. The second-order valence-corrected chi connectivity index (χ2v) is 10.9. The Bertz CT molecular complexity index is 1230. The molecule has 0 spiro atoms. The van der Waals surface area contributed by atoms with E-state index >= 15 is 0 Å². The molecule has 0 radical (unpaired) electrons. The Labute approximate surface area is 220 Å². The van der Waals surface area contributed by atoms with Crippen molar-refractivity contribution in [2.75, 3.05) is 24.1 Å². The van der Waals surface area contributed by atoms with E-state index in [1.165, 1.54) is 24.3 Å². The van der Waals surface area contributed by atoms with Crippen molar-refractivity contribution in [3.63, 3.8) is 0 Å². The van der Waals surface area contributed by atoms with E-state index in [4.69, 9.17) is 17.3 Å². The molecule has 1 atom stereocenters. The Morgan fingerprint density at radius 3 is 2.54 bits per heavy atom. The molecule has 1 aromatic carbocycles. The molecule has 2 aromatic rings. The van der Waals surface area contributed by atoms with Gasteiger partial charge >= 0.3 is 18.2 Å². The fourth-order valence-corrected chi connectivity index (χ4v) is 5.86. The smallest absolute Gasteiger partial charge is 0.418 e. The molecule has 1 aromatic heterocycles. The summed E-state index contributed by atoms with van der Waals surface area (Å²) in [7, 11) is 0. The third-order valence-corrected chi connectivity index (χ3v) is 8.10. The number of fused-ring (bicyclic) bond motifs is 1. The summed E-state index contributed by atoms with van der Waals surface area (Å²) in [5, 5.41) is 16.3. The first-order valence-corrected chi connectivity index (χ1v) is 12.9. The number of rotatable bonds is 6. The number of carbonyl (C=O) groups is 3. The van der Waals surface area contributed by atoms with E-state index in [0.717, 1.165) is 17.3 Å². The highest BCUT2D eigenvalue weighted by Gasteiger charge is 2.40. The van der Waals surface area contributed by atoms with Crippen LogP contribution in [0.25, 0.3) is 0 Å². The summed E-state index contributed by atoms with van der Waals surface area (Å²) in [6, 6.07) is 1.72. The first-order chi connectivity index (χ1) is 17.3. The fraction of sp³-hybridized carbons (Fsp3) is 0.458. The Kier molecular flexibility index (Phi) is 7.35. The second-order valence-electron chi connectivity index (χ2n) is 9.74. The van der Waals surface area contributed by atoms with Gasteiger partial charge in [0.05, 0.1) is 33.9 Å². The molecular weight excluding hydrogens is 533 g/mol. The van der Waals surface area contributed by atoms with Crippen molar-refractivity contribution in [2.45, 2.75) is 51.4 Å². The van der Waals surface area contributed by atoms with Crippen LogP contribution in [0.2, 0.25) is 5.02 Å². The predicted molar refractivity (Wildman–Crippen MR) is 133 cm³/mol. The molecule has 1 unspecified atom stereocenters. The van der Waals surface area contributed by atoms with E-state index in [1.807, 2.05) is 10.8 Å². The van der Waals surface area contributed by atoms with Crippen molar-refractivity contribution in [3.05, 3.63) is 44.6 Å². The number of carboxylic acid groups (broad SMARTS) is 1. The number of benzene rings is 1. The number of hydrogen-bond donors (Lipinski definition) is 3. The van der Waals surface area contributed by atoms with Crippen LogP contribution in [0.3, 0.4) is 0 Å². The number of amides is 3. The number of nitrogens with one attached hydrogen (secondary N) is 1. The highest BCUT2D eigenvalue weighted by molar-refractivity contribution is 7.08. The quantitative estimate of drug-likeness (QED) is 0.428. The summed E-state index contributed by atoms with van der Waals surface area (Å²) in [5.41, 5.74) is 3.90. The van der Waals surface area contributed by atoms with E-state index in [9.17, 15) is 32.7 Å². The fourth-order valence-electron chi connectivity index (χ4n) is 4.84. The number of likely N-dealkylation sites (tertiary alicyclic amines) is 1. The molecule has 1 fully saturated rings. The molecule has 0 bridgehead atoms. The molecule has 2 aliphatic heterocycles. The number of urea groups is 1. The Hall–Kier alpha value is -2.99. The number of hydrogen-bond acceptors (Lipinski definition) is 5. The average Bonchev–Trinajstić information content (AvgIpc) is 3.27. The largest absolute Gasteiger partial charge is 0.481 e. The van der Waals surface area contributed by atoms with Crippen LogP contribution in [0, 0.1) is 5.41 Å². The van der Waals surface area contributed by atoms with Gasteiger partial charge in [0, 0.05) is 36.5 Å². The lowest BCUT2D eigenvalue weighted by atomic mass is 9.79. The number of halogens is 4. The van der Waals surface area contributed by atoms with Crippen LogP contribution >= 0.6 is 22.9 Å². The van der Waals surface area contributed by atoms with Gasteiger partial charge in [0.2, 0.25) is 5.91 Å². The van der Waals surface area contributed by atoms with Gasteiger partial charge in [-0.05, 0) is 49.3 Å². The molecule has 0 aliphatic carbocycles. The zero-order valence-corrected chi connectivity index (χ0v) is 21.5. The topological polar surface area (TPSA) is 116 Å². The third kappa shape index (κ3) is 5.64. The summed E-state index contributed by atoms with van der Waals surface area (Å²) >= 11 is 7.40. The van der Waals surface area contributed by atoms with Gasteiger partial charge in [-0.2, -0.15) is 13.2 Å². The lowest BCUT2D eigenvalue weighted by Gasteiger charge is -2.40. The number of thiophene rings is 1. The monoisotopic (exact) mass is 558 g/mol. The van der Waals surface area contributed by atoms with Gasteiger partial charge in [-0.3, -0.25) is 9.59 Å². The third-order valence-electron chi connectivity index (χ3n) is 6.99. The van der Waals surface area contributed by atoms with Crippen molar-refractivity contribution >= 4 is 52.2 Å². The maximum absolute atomic E-state index is 13.4. The zero-order chi connectivity index (χ0) is 27.1. The second kappa shape index (κ2) is 10.1. The molecular formula is C24H26ClF3N4O4S. The number of aliphatic carboxylic acids is 1. The normalized spacial score (nSPS) is 18.2. The van der Waals surface area contributed by atoms with Gasteiger partial charge in [0.1, 0.15) is 0 Å². The zero-order valence-electron chi connectivity index (χ0n) is 19.9. The van der Waals surface area contributed by atoms with Gasteiger partial charge in [-0.15, -0.1) is 11.3 Å². The van der Waals surface area contributed by atoms with Gasteiger partial charge in [0.25, 0.3) is 0 Å². The molecule has 8 nitrogen and oxygen atoms in total. The van der Waals surface area contributed by atoms with Crippen LogP contribution in [0.4, 0.5) is 29.3 Å². The molecule has 1 saturated heterocycles. The van der Waals surface area contributed by atoms with Crippen molar-refractivity contribution in [3.8, 4) is 0 Å². The van der Waals surface area contributed by atoms with Crippen LogP contribution < -0.4 is 11.1 Å². The molecule has 3 amide bonds. The number of piperidine rings is 1. The van der Waals surface area contributed by atoms with Crippen LogP contribution in [-0.4, -0.2) is 51.9 Å². The highest BCUT2D eigenvalue weighted by atomic mass is 35.5. The molecule has 2 aliphatic rings. The van der Waals surface area contributed by atoms with Crippen LogP contribution in [-0.2, 0) is 28.7 Å². The number of nitrogen functional groups attached to an aromatic ring is 1. The van der Waals surface area contributed by atoms with Gasteiger partial charge in [0.15, 0.2) is 0 Å². The first-order valence-electron chi connectivity index (χ1n) is 11.6. The lowest BCUT2D eigenvalue weighted by molar-refractivity contribution is -0.153. The standard InChI is InChI=1S/C24H26ClF3N4O4S/c1-23(21(34)35,8-13-6-16(24(26,27)28)20(29)17(25)7-13)9-19(33)31-4-2-15(3-5-31)32-10-14-11-37-12-18(14)30-22(32)36/h6-7,11-12,15H,2-5,8-10,29H2,1H3,(H,30,36)(H,34,35). The maximum Gasteiger partial charge on any atom is 0.418 e. The summed E-state index contributed by atoms with van der Waals surface area (Å²) in [6.45, 7) is 2.50. The van der Waals surface area contributed by atoms with Crippen LogP contribution in [0.1, 0.15) is 42.9 Å². The number of carboxylic acids is 1. The molecule has 4 N–H and O–H groups in total.